The minimum atomic E-state index is -0.839. The van der Waals surface area contributed by atoms with Crippen molar-refractivity contribution >= 4 is 5.91 Å². The van der Waals surface area contributed by atoms with Crippen molar-refractivity contribution in [1.82, 2.24) is 5.32 Å². The van der Waals surface area contributed by atoms with E-state index in [1.807, 2.05) is 6.92 Å². The van der Waals surface area contributed by atoms with E-state index in [4.69, 9.17) is 0 Å². The summed E-state index contributed by atoms with van der Waals surface area (Å²) in [6, 6.07) is 0. The zero-order chi connectivity index (χ0) is 13.2. The molecule has 0 saturated heterocycles. The molecule has 0 spiro atoms. The first-order valence-corrected chi connectivity index (χ1v) is 7.15. The standard InChI is InChI=1S/C14H25NO3/c1-2-14(8-16,9-17)15-13(18)7-12-6-10-3-4-11(12)5-10/h10-12,16-17H,2-9H2,1H3,(H,15,18). The lowest BCUT2D eigenvalue weighted by atomic mass is 9.86. The summed E-state index contributed by atoms with van der Waals surface area (Å²) in [7, 11) is 0. The van der Waals surface area contributed by atoms with Gasteiger partial charge < -0.3 is 15.5 Å². The highest BCUT2D eigenvalue weighted by Crippen LogP contribution is 2.49. The van der Waals surface area contributed by atoms with Crippen molar-refractivity contribution in [2.24, 2.45) is 17.8 Å². The molecule has 2 fully saturated rings. The minimum Gasteiger partial charge on any atom is -0.394 e. The molecule has 1 amide bonds. The summed E-state index contributed by atoms with van der Waals surface area (Å²) in [5.41, 5.74) is -0.839. The minimum absolute atomic E-state index is 0.0162. The maximum atomic E-state index is 12.0. The first-order chi connectivity index (χ1) is 8.62. The van der Waals surface area contributed by atoms with Gasteiger partial charge in [0.25, 0.3) is 0 Å². The number of carbonyl (C=O) groups is 1. The van der Waals surface area contributed by atoms with Gasteiger partial charge in [0.1, 0.15) is 0 Å². The van der Waals surface area contributed by atoms with Crippen LogP contribution in [0.1, 0.15) is 45.4 Å². The molecule has 0 heterocycles. The van der Waals surface area contributed by atoms with Gasteiger partial charge in [0.15, 0.2) is 0 Å². The third-order valence-electron chi connectivity index (χ3n) is 5.02. The summed E-state index contributed by atoms with van der Waals surface area (Å²) >= 11 is 0. The summed E-state index contributed by atoms with van der Waals surface area (Å²) in [5.74, 6) is 2.09. The molecule has 0 aromatic rings. The SMILES string of the molecule is CCC(CO)(CO)NC(=O)CC1CC2CCC1C2. The number of carbonyl (C=O) groups excluding carboxylic acids is 1. The third kappa shape index (κ3) is 2.69. The number of hydrogen-bond acceptors (Lipinski definition) is 3. The highest BCUT2D eigenvalue weighted by Gasteiger charge is 2.40. The van der Waals surface area contributed by atoms with Gasteiger partial charge in [-0.3, -0.25) is 4.79 Å². The van der Waals surface area contributed by atoms with Gasteiger partial charge in [0.2, 0.25) is 5.91 Å². The number of aliphatic hydroxyl groups is 2. The summed E-state index contributed by atoms with van der Waals surface area (Å²) < 4.78 is 0. The predicted octanol–water partition coefficient (Wildman–Crippen LogP) is 1.06. The topological polar surface area (TPSA) is 69.6 Å². The zero-order valence-electron chi connectivity index (χ0n) is 11.2. The molecule has 0 aromatic carbocycles. The van der Waals surface area contributed by atoms with Gasteiger partial charge in [-0.2, -0.15) is 0 Å². The maximum absolute atomic E-state index is 12.0. The smallest absolute Gasteiger partial charge is 0.220 e. The van der Waals surface area contributed by atoms with Crippen molar-refractivity contribution in [1.29, 1.82) is 0 Å². The first kappa shape index (κ1) is 13.8. The number of nitrogens with one attached hydrogen (secondary N) is 1. The normalized spacial score (nSPS) is 30.7. The Kier molecular flexibility index (Phi) is 4.28. The average Bonchev–Trinajstić information content (AvgIpc) is 2.98. The van der Waals surface area contributed by atoms with Gasteiger partial charge in [-0.05, 0) is 43.4 Å². The highest BCUT2D eigenvalue weighted by molar-refractivity contribution is 5.77. The highest BCUT2D eigenvalue weighted by atomic mass is 16.3. The maximum Gasteiger partial charge on any atom is 0.220 e. The molecule has 0 radical (unpaired) electrons. The van der Waals surface area contributed by atoms with Crippen LogP contribution in [-0.2, 0) is 4.79 Å². The van der Waals surface area contributed by atoms with Crippen LogP contribution in [0.5, 0.6) is 0 Å². The lowest BCUT2D eigenvalue weighted by Gasteiger charge is -2.31. The molecule has 2 saturated carbocycles. The van der Waals surface area contributed by atoms with E-state index in [9.17, 15) is 15.0 Å². The Morgan fingerprint density at radius 1 is 1.28 bits per heavy atom. The van der Waals surface area contributed by atoms with Crippen LogP contribution in [0, 0.1) is 17.8 Å². The lowest BCUT2D eigenvalue weighted by Crippen LogP contribution is -2.54. The molecule has 4 nitrogen and oxygen atoms in total. The second-order valence-corrected chi connectivity index (χ2v) is 6.14. The molecule has 0 aromatic heterocycles. The van der Waals surface area contributed by atoms with Crippen LogP contribution in [0.4, 0.5) is 0 Å². The Morgan fingerprint density at radius 2 is 2.00 bits per heavy atom. The number of aliphatic hydroxyl groups excluding tert-OH is 2. The Balaban J connectivity index is 1.85. The number of fused-ring (bicyclic) bond motifs is 2. The summed E-state index contributed by atoms with van der Waals surface area (Å²) in [4.78, 5) is 12.0. The summed E-state index contributed by atoms with van der Waals surface area (Å²) in [6.45, 7) is 1.45. The van der Waals surface area contributed by atoms with Crippen LogP contribution in [0.15, 0.2) is 0 Å². The van der Waals surface area contributed by atoms with Gasteiger partial charge in [-0.15, -0.1) is 0 Å². The molecule has 3 unspecified atom stereocenters. The second kappa shape index (κ2) is 5.57. The molecular weight excluding hydrogens is 230 g/mol. The van der Waals surface area contributed by atoms with E-state index < -0.39 is 5.54 Å². The lowest BCUT2D eigenvalue weighted by molar-refractivity contribution is -0.125. The van der Waals surface area contributed by atoms with Crippen LogP contribution in [0.25, 0.3) is 0 Å². The van der Waals surface area contributed by atoms with Crippen molar-refractivity contribution in [3.05, 3.63) is 0 Å². The molecular formula is C14H25NO3. The molecule has 0 aliphatic heterocycles. The van der Waals surface area contributed by atoms with Crippen molar-refractivity contribution < 1.29 is 15.0 Å². The number of rotatable bonds is 6. The van der Waals surface area contributed by atoms with Gasteiger partial charge in [0, 0.05) is 6.42 Å². The van der Waals surface area contributed by atoms with E-state index in [-0.39, 0.29) is 19.1 Å². The van der Waals surface area contributed by atoms with Crippen LogP contribution < -0.4 is 5.32 Å². The van der Waals surface area contributed by atoms with Gasteiger partial charge >= 0.3 is 0 Å². The van der Waals surface area contributed by atoms with E-state index in [2.05, 4.69) is 5.32 Å². The van der Waals surface area contributed by atoms with Crippen molar-refractivity contribution in [2.45, 2.75) is 51.0 Å². The largest absolute Gasteiger partial charge is 0.394 e. The Hall–Kier alpha value is -0.610. The van der Waals surface area contributed by atoms with Gasteiger partial charge in [0.05, 0.1) is 18.8 Å². The van der Waals surface area contributed by atoms with Crippen LogP contribution in [0.2, 0.25) is 0 Å². The van der Waals surface area contributed by atoms with E-state index in [0.29, 0.717) is 18.8 Å². The quantitative estimate of drug-likeness (QED) is 0.665. The number of amides is 1. The van der Waals surface area contributed by atoms with Gasteiger partial charge in [-0.25, -0.2) is 0 Å². The van der Waals surface area contributed by atoms with E-state index >= 15 is 0 Å². The first-order valence-electron chi connectivity index (χ1n) is 7.15. The molecule has 2 rings (SSSR count). The number of hydrogen-bond donors (Lipinski definition) is 3. The predicted molar refractivity (Wildman–Crippen MR) is 68.9 cm³/mol. The molecule has 104 valence electrons. The molecule has 4 heteroatoms. The fourth-order valence-corrected chi connectivity index (χ4v) is 3.65. The zero-order valence-corrected chi connectivity index (χ0v) is 11.2. The molecule has 3 N–H and O–H groups in total. The van der Waals surface area contributed by atoms with Crippen molar-refractivity contribution in [3.8, 4) is 0 Å². The van der Waals surface area contributed by atoms with Crippen LogP contribution in [-0.4, -0.2) is 34.9 Å². The fraction of sp³-hybridized carbons (Fsp3) is 0.929. The monoisotopic (exact) mass is 255 g/mol. The van der Waals surface area contributed by atoms with Crippen LogP contribution in [0.3, 0.4) is 0 Å². The average molecular weight is 255 g/mol. The fourth-order valence-electron chi connectivity index (χ4n) is 3.65. The van der Waals surface area contributed by atoms with E-state index in [0.717, 1.165) is 11.8 Å². The summed E-state index contributed by atoms with van der Waals surface area (Å²) in [5, 5.41) is 21.5. The Morgan fingerprint density at radius 3 is 2.44 bits per heavy atom. The Bertz CT molecular complexity index is 293. The molecule has 18 heavy (non-hydrogen) atoms. The van der Waals surface area contributed by atoms with E-state index in [1.54, 1.807) is 0 Å². The van der Waals surface area contributed by atoms with Crippen molar-refractivity contribution in [3.63, 3.8) is 0 Å². The Labute approximate surface area is 109 Å². The van der Waals surface area contributed by atoms with Crippen LogP contribution >= 0.6 is 0 Å². The second-order valence-electron chi connectivity index (χ2n) is 6.14. The van der Waals surface area contributed by atoms with Crippen molar-refractivity contribution in [2.75, 3.05) is 13.2 Å². The summed E-state index contributed by atoms with van der Waals surface area (Å²) in [6.07, 6.45) is 6.22. The third-order valence-corrected chi connectivity index (χ3v) is 5.02. The molecule has 2 aliphatic carbocycles. The molecule has 2 aliphatic rings. The molecule has 2 bridgehead atoms. The van der Waals surface area contributed by atoms with E-state index in [1.165, 1.54) is 25.7 Å². The molecule has 3 atom stereocenters. The van der Waals surface area contributed by atoms with Gasteiger partial charge in [-0.1, -0.05) is 13.3 Å².